The summed E-state index contributed by atoms with van der Waals surface area (Å²) in [4.78, 5) is 3.96. The second-order valence-electron chi connectivity index (χ2n) is 3.49. The van der Waals surface area contributed by atoms with Gasteiger partial charge in [-0.25, -0.2) is 4.98 Å². The lowest BCUT2D eigenvalue weighted by Gasteiger charge is -2.12. The van der Waals surface area contributed by atoms with Crippen molar-refractivity contribution in [3.63, 3.8) is 0 Å². The summed E-state index contributed by atoms with van der Waals surface area (Å²) in [5.74, 6) is -0.0718. The summed E-state index contributed by atoms with van der Waals surface area (Å²) in [6, 6.07) is 10.5. The summed E-state index contributed by atoms with van der Waals surface area (Å²) in [7, 11) is 0. The van der Waals surface area contributed by atoms with Crippen molar-refractivity contribution in [2.45, 2.75) is 6.36 Å². The van der Waals surface area contributed by atoms with Gasteiger partial charge in [-0.3, -0.25) is 0 Å². The summed E-state index contributed by atoms with van der Waals surface area (Å²) in [5.41, 5.74) is 6.07. The average Bonchev–Trinajstić information content (AvgIpc) is 2.27. The van der Waals surface area contributed by atoms with Crippen molar-refractivity contribution in [1.29, 1.82) is 0 Å². The van der Waals surface area contributed by atoms with Crippen molar-refractivity contribution in [2.75, 3.05) is 5.73 Å². The predicted molar refractivity (Wildman–Crippen MR) is 60.8 cm³/mol. The Balaban J connectivity index is 2.45. The van der Waals surface area contributed by atoms with Crippen LogP contribution in [-0.4, -0.2) is 11.3 Å². The minimum atomic E-state index is -4.74. The summed E-state index contributed by atoms with van der Waals surface area (Å²) in [6.07, 6.45) is -4.74. The van der Waals surface area contributed by atoms with Crippen molar-refractivity contribution < 1.29 is 17.9 Å². The van der Waals surface area contributed by atoms with E-state index in [4.69, 9.17) is 5.73 Å². The van der Waals surface area contributed by atoms with Crippen LogP contribution in [-0.2, 0) is 0 Å². The summed E-state index contributed by atoms with van der Waals surface area (Å²) in [5, 5.41) is 0. The lowest BCUT2D eigenvalue weighted by Crippen LogP contribution is -2.17. The van der Waals surface area contributed by atoms with Crippen LogP contribution in [0.25, 0.3) is 11.3 Å². The molecule has 0 radical (unpaired) electrons. The minimum absolute atomic E-state index is 0.231. The van der Waals surface area contributed by atoms with Crippen molar-refractivity contribution in [3.05, 3.63) is 42.5 Å². The fourth-order valence-corrected chi connectivity index (χ4v) is 1.49. The number of ether oxygens (including phenoxy) is 1. The molecule has 0 saturated carbocycles. The Morgan fingerprint density at radius 3 is 2.39 bits per heavy atom. The first-order valence-electron chi connectivity index (χ1n) is 5.03. The molecule has 18 heavy (non-hydrogen) atoms. The van der Waals surface area contributed by atoms with Crippen LogP contribution in [0.15, 0.2) is 42.5 Å². The molecular weight excluding hydrogens is 245 g/mol. The van der Waals surface area contributed by atoms with Gasteiger partial charge in [0.25, 0.3) is 0 Å². The molecule has 0 saturated heterocycles. The van der Waals surface area contributed by atoms with E-state index in [0.717, 1.165) is 0 Å². The zero-order valence-electron chi connectivity index (χ0n) is 9.11. The Morgan fingerprint density at radius 1 is 1.00 bits per heavy atom. The smallest absolute Gasteiger partial charge is 0.405 e. The van der Waals surface area contributed by atoms with E-state index in [1.54, 1.807) is 24.3 Å². The largest absolute Gasteiger partial charge is 0.573 e. The summed E-state index contributed by atoms with van der Waals surface area (Å²) in [6.45, 7) is 0. The van der Waals surface area contributed by atoms with Crippen LogP contribution in [0.5, 0.6) is 5.75 Å². The number of hydrogen-bond acceptors (Lipinski definition) is 3. The molecule has 0 fully saturated rings. The average molecular weight is 254 g/mol. The summed E-state index contributed by atoms with van der Waals surface area (Å²) < 4.78 is 40.7. The maximum Gasteiger partial charge on any atom is 0.573 e. The van der Waals surface area contributed by atoms with E-state index in [2.05, 4.69) is 9.72 Å². The second kappa shape index (κ2) is 4.56. The standard InChI is InChI=1S/C12H9F3N2O/c13-12(14,15)18-10-6-2-1-4-8(10)9-5-3-7-11(16)17-9/h1-7H,(H2,16,17). The molecule has 1 aromatic carbocycles. The number of nitrogen functional groups attached to an aromatic ring is 1. The Morgan fingerprint density at radius 2 is 1.72 bits per heavy atom. The molecule has 0 aliphatic rings. The molecule has 0 spiro atoms. The Hall–Kier alpha value is -2.24. The molecule has 3 nitrogen and oxygen atoms in total. The third kappa shape index (κ3) is 2.91. The zero-order valence-corrected chi connectivity index (χ0v) is 9.11. The van der Waals surface area contributed by atoms with Crippen LogP contribution in [0.3, 0.4) is 0 Å². The quantitative estimate of drug-likeness (QED) is 0.895. The van der Waals surface area contributed by atoms with Gasteiger partial charge in [-0.2, -0.15) is 0 Å². The third-order valence-corrected chi connectivity index (χ3v) is 2.16. The van der Waals surface area contributed by atoms with Crippen molar-refractivity contribution in [1.82, 2.24) is 4.98 Å². The van der Waals surface area contributed by atoms with E-state index < -0.39 is 6.36 Å². The number of anilines is 1. The first-order chi connectivity index (χ1) is 8.46. The number of para-hydroxylation sites is 1. The Kier molecular flexibility index (Phi) is 3.10. The molecule has 1 aromatic heterocycles. The first kappa shape index (κ1) is 12.2. The van der Waals surface area contributed by atoms with Crippen molar-refractivity contribution in [2.24, 2.45) is 0 Å². The molecule has 2 aromatic rings. The minimum Gasteiger partial charge on any atom is -0.405 e. The number of nitrogens with zero attached hydrogens (tertiary/aromatic N) is 1. The third-order valence-electron chi connectivity index (χ3n) is 2.16. The fourth-order valence-electron chi connectivity index (χ4n) is 1.49. The van der Waals surface area contributed by atoms with Gasteiger partial charge in [0, 0.05) is 5.56 Å². The molecular formula is C12H9F3N2O. The molecule has 6 heteroatoms. The van der Waals surface area contributed by atoms with Crippen LogP contribution in [0.1, 0.15) is 0 Å². The van der Waals surface area contributed by atoms with E-state index in [-0.39, 0.29) is 17.1 Å². The molecule has 0 bridgehead atoms. The van der Waals surface area contributed by atoms with Crippen LogP contribution >= 0.6 is 0 Å². The topological polar surface area (TPSA) is 48.1 Å². The van der Waals surface area contributed by atoms with Crippen molar-refractivity contribution in [3.8, 4) is 17.0 Å². The highest BCUT2D eigenvalue weighted by molar-refractivity contribution is 5.68. The number of benzene rings is 1. The summed E-state index contributed by atoms with van der Waals surface area (Å²) >= 11 is 0. The lowest BCUT2D eigenvalue weighted by atomic mass is 10.1. The SMILES string of the molecule is Nc1cccc(-c2ccccc2OC(F)(F)F)n1. The Bertz CT molecular complexity index is 555. The second-order valence-corrected chi connectivity index (χ2v) is 3.49. The van der Waals surface area contributed by atoms with Crippen LogP contribution < -0.4 is 10.5 Å². The number of nitrogens with two attached hydrogens (primary N) is 1. The van der Waals surface area contributed by atoms with Gasteiger partial charge >= 0.3 is 6.36 Å². The van der Waals surface area contributed by atoms with Gasteiger partial charge in [0.15, 0.2) is 0 Å². The zero-order chi connectivity index (χ0) is 13.2. The normalized spacial score (nSPS) is 11.3. The van der Waals surface area contributed by atoms with Crippen LogP contribution in [0.2, 0.25) is 0 Å². The van der Waals surface area contributed by atoms with E-state index in [0.29, 0.717) is 5.69 Å². The maximum absolute atomic E-state index is 12.2. The van der Waals surface area contributed by atoms with E-state index >= 15 is 0 Å². The molecule has 2 N–H and O–H groups in total. The number of hydrogen-bond donors (Lipinski definition) is 1. The highest BCUT2D eigenvalue weighted by Gasteiger charge is 2.32. The van der Waals surface area contributed by atoms with Gasteiger partial charge in [0.1, 0.15) is 11.6 Å². The van der Waals surface area contributed by atoms with Crippen molar-refractivity contribution >= 4 is 5.82 Å². The molecule has 0 amide bonds. The highest BCUT2D eigenvalue weighted by atomic mass is 19.4. The molecule has 0 unspecified atom stereocenters. The molecule has 0 aliphatic heterocycles. The number of rotatable bonds is 2. The van der Waals surface area contributed by atoms with Gasteiger partial charge in [-0.15, -0.1) is 13.2 Å². The molecule has 2 rings (SSSR count). The highest BCUT2D eigenvalue weighted by Crippen LogP contribution is 2.32. The van der Waals surface area contributed by atoms with E-state index in [1.165, 1.54) is 18.2 Å². The molecule has 94 valence electrons. The van der Waals surface area contributed by atoms with Gasteiger partial charge in [-0.05, 0) is 24.3 Å². The molecule has 0 atom stereocenters. The predicted octanol–water partition coefficient (Wildman–Crippen LogP) is 3.23. The number of pyridine rings is 1. The van der Waals surface area contributed by atoms with E-state index in [9.17, 15) is 13.2 Å². The van der Waals surface area contributed by atoms with Gasteiger partial charge in [0.2, 0.25) is 0 Å². The lowest BCUT2D eigenvalue weighted by molar-refractivity contribution is -0.274. The van der Waals surface area contributed by atoms with Gasteiger partial charge in [0.05, 0.1) is 5.69 Å². The molecule has 1 heterocycles. The number of aromatic nitrogens is 1. The van der Waals surface area contributed by atoms with Crippen LogP contribution in [0.4, 0.5) is 19.0 Å². The Labute approximate surface area is 101 Å². The monoisotopic (exact) mass is 254 g/mol. The van der Waals surface area contributed by atoms with E-state index in [1.807, 2.05) is 0 Å². The fraction of sp³-hybridized carbons (Fsp3) is 0.0833. The first-order valence-corrected chi connectivity index (χ1v) is 5.03. The van der Waals surface area contributed by atoms with Crippen LogP contribution in [0, 0.1) is 0 Å². The number of alkyl halides is 3. The van der Waals surface area contributed by atoms with Gasteiger partial charge < -0.3 is 10.5 Å². The maximum atomic E-state index is 12.2. The molecule has 0 aliphatic carbocycles. The number of halogens is 3. The van der Waals surface area contributed by atoms with Gasteiger partial charge in [-0.1, -0.05) is 18.2 Å².